The molecular formula is C12H17N3O3. The van der Waals surface area contributed by atoms with E-state index in [-0.39, 0.29) is 5.91 Å². The van der Waals surface area contributed by atoms with E-state index in [4.69, 9.17) is 0 Å². The van der Waals surface area contributed by atoms with Crippen LogP contribution in [0.5, 0.6) is 0 Å². The highest BCUT2D eigenvalue weighted by atomic mass is 16.5. The molecule has 0 radical (unpaired) electrons. The van der Waals surface area contributed by atoms with Gasteiger partial charge in [-0.1, -0.05) is 0 Å². The number of methoxy groups -OCH3 is 1. The molecule has 0 spiro atoms. The van der Waals surface area contributed by atoms with E-state index in [1.54, 1.807) is 18.3 Å². The number of nitrogens with one attached hydrogen (secondary N) is 2. The van der Waals surface area contributed by atoms with Gasteiger partial charge in [-0.3, -0.25) is 9.78 Å². The highest BCUT2D eigenvalue weighted by molar-refractivity contribution is 5.90. The summed E-state index contributed by atoms with van der Waals surface area (Å²) in [5, 5.41) is 5.76. The first-order valence-electron chi connectivity index (χ1n) is 5.62. The quantitative estimate of drug-likeness (QED) is 0.553. The van der Waals surface area contributed by atoms with Crippen LogP contribution in [0.25, 0.3) is 0 Å². The fourth-order valence-corrected chi connectivity index (χ4v) is 1.41. The number of hydrogen-bond acceptors (Lipinski definition) is 5. The van der Waals surface area contributed by atoms with Crippen molar-refractivity contribution in [2.75, 3.05) is 20.2 Å². The van der Waals surface area contributed by atoms with Gasteiger partial charge >= 0.3 is 5.97 Å². The lowest BCUT2D eigenvalue weighted by Gasteiger charge is -2.08. The molecule has 18 heavy (non-hydrogen) atoms. The third kappa shape index (κ3) is 4.50. The topological polar surface area (TPSA) is 80.3 Å². The van der Waals surface area contributed by atoms with Crippen molar-refractivity contribution in [3.63, 3.8) is 0 Å². The van der Waals surface area contributed by atoms with Gasteiger partial charge in [-0.15, -0.1) is 0 Å². The van der Waals surface area contributed by atoms with E-state index in [1.165, 1.54) is 14.0 Å². The van der Waals surface area contributed by atoms with Gasteiger partial charge in [-0.2, -0.15) is 0 Å². The summed E-state index contributed by atoms with van der Waals surface area (Å²) in [5.74, 6) is -0.466. The summed E-state index contributed by atoms with van der Waals surface area (Å²) in [5.41, 5.74) is 1.08. The molecule has 2 N–H and O–H groups in total. The Hall–Kier alpha value is -1.95. The summed E-state index contributed by atoms with van der Waals surface area (Å²) >= 11 is 0. The van der Waals surface area contributed by atoms with Gasteiger partial charge < -0.3 is 15.4 Å². The molecule has 1 amide bonds. The van der Waals surface area contributed by atoms with Crippen LogP contribution in [-0.2, 0) is 16.1 Å². The molecule has 98 valence electrons. The van der Waals surface area contributed by atoms with Crippen LogP contribution in [0.1, 0.15) is 23.0 Å². The molecule has 1 aromatic rings. The van der Waals surface area contributed by atoms with Crippen LogP contribution in [0.15, 0.2) is 18.3 Å². The Bertz CT molecular complexity index is 421. The van der Waals surface area contributed by atoms with Crippen LogP contribution >= 0.6 is 0 Å². The monoisotopic (exact) mass is 251 g/mol. The second kappa shape index (κ2) is 7.39. The van der Waals surface area contributed by atoms with E-state index in [0.29, 0.717) is 30.9 Å². The van der Waals surface area contributed by atoms with Crippen molar-refractivity contribution in [3.05, 3.63) is 29.6 Å². The number of amides is 1. The van der Waals surface area contributed by atoms with Gasteiger partial charge in [-0.05, 0) is 12.1 Å². The number of carbonyl (C=O) groups excluding carboxylic acids is 2. The lowest BCUT2D eigenvalue weighted by molar-refractivity contribution is -0.118. The van der Waals surface area contributed by atoms with Crippen molar-refractivity contribution in [1.29, 1.82) is 0 Å². The highest BCUT2D eigenvalue weighted by Gasteiger charge is 2.11. The molecule has 6 heteroatoms. The predicted octanol–water partition coefficient (Wildman–Crippen LogP) is 0.0939. The molecule has 0 aliphatic rings. The highest BCUT2D eigenvalue weighted by Crippen LogP contribution is 2.06. The lowest BCUT2D eigenvalue weighted by Crippen LogP contribution is -2.30. The number of esters is 1. The zero-order chi connectivity index (χ0) is 13.4. The Labute approximate surface area is 106 Å². The van der Waals surface area contributed by atoms with Gasteiger partial charge in [0.1, 0.15) is 0 Å². The number of hydrogen-bond donors (Lipinski definition) is 2. The molecule has 1 heterocycles. The second-order valence-corrected chi connectivity index (χ2v) is 3.65. The van der Waals surface area contributed by atoms with Crippen molar-refractivity contribution < 1.29 is 14.3 Å². The lowest BCUT2D eigenvalue weighted by atomic mass is 10.2. The zero-order valence-corrected chi connectivity index (χ0v) is 10.5. The maximum atomic E-state index is 11.5. The third-order valence-electron chi connectivity index (χ3n) is 2.26. The maximum absolute atomic E-state index is 11.5. The van der Waals surface area contributed by atoms with E-state index < -0.39 is 5.97 Å². The summed E-state index contributed by atoms with van der Waals surface area (Å²) in [6, 6.07) is 3.36. The summed E-state index contributed by atoms with van der Waals surface area (Å²) < 4.78 is 4.67. The first kappa shape index (κ1) is 14.1. The van der Waals surface area contributed by atoms with E-state index >= 15 is 0 Å². The van der Waals surface area contributed by atoms with Crippen LogP contribution in [0.3, 0.4) is 0 Å². The van der Waals surface area contributed by atoms with Gasteiger partial charge in [-0.25, -0.2) is 4.79 Å². The largest absolute Gasteiger partial charge is 0.465 e. The van der Waals surface area contributed by atoms with E-state index in [1.807, 2.05) is 0 Å². The minimum Gasteiger partial charge on any atom is -0.465 e. The van der Waals surface area contributed by atoms with Crippen LogP contribution in [0, 0.1) is 0 Å². The Morgan fingerprint density at radius 3 is 2.83 bits per heavy atom. The molecule has 6 nitrogen and oxygen atoms in total. The number of pyridine rings is 1. The van der Waals surface area contributed by atoms with Crippen LogP contribution in [0.2, 0.25) is 0 Å². The standard InChI is InChI=1S/C12H17N3O3/c1-9(16)14-7-6-13-8-11-10(12(17)18-2)4-3-5-15-11/h3-5,13H,6-8H2,1-2H3,(H,14,16). The van der Waals surface area contributed by atoms with Crippen molar-refractivity contribution in [2.45, 2.75) is 13.5 Å². The molecule has 1 aromatic heterocycles. The molecule has 0 unspecified atom stereocenters. The average Bonchev–Trinajstić information content (AvgIpc) is 2.37. The van der Waals surface area contributed by atoms with Gasteiger partial charge in [0, 0.05) is 32.8 Å². The van der Waals surface area contributed by atoms with Crippen molar-refractivity contribution in [2.24, 2.45) is 0 Å². The van der Waals surface area contributed by atoms with Crippen molar-refractivity contribution >= 4 is 11.9 Å². The summed E-state index contributed by atoms with van der Waals surface area (Å²) in [7, 11) is 1.34. The SMILES string of the molecule is COC(=O)c1cccnc1CNCCNC(C)=O. The van der Waals surface area contributed by atoms with Gasteiger partial charge in [0.05, 0.1) is 18.4 Å². The van der Waals surface area contributed by atoms with Crippen molar-refractivity contribution in [3.8, 4) is 0 Å². The number of ether oxygens (including phenoxy) is 1. The average molecular weight is 251 g/mol. The van der Waals surface area contributed by atoms with Crippen molar-refractivity contribution in [1.82, 2.24) is 15.6 Å². The molecule has 0 aliphatic carbocycles. The summed E-state index contributed by atoms with van der Waals surface area (Å²) in [4.78, 5) is 26.2. The molecule has 0 bridgehead atoms. The fraction of sp³-hybridized carbons (Fsp3) is 0.417. The fourth-order valence-electron chi connectivity index (χ4n) is 1.41. The molecular weight excluding hydrogens is 234 g/mol. The Morgan fingerprint density at radius 2 is 2.17 bits per heavy atom. The van der Waals surface area contributed by atoms with Crippen LogP contribution < -0.4 is 10.6 Å². The molecule has 0 fully saturated rings. The number of nitrogens with zero attached hydrogens (tertiary/aromatic N) is 1. The van der Waals surface area contributed by atoms with Gasteiger partial charge in [0.25, 0.3) is 0 Å². The molecule has 0 atom stereocenters. The maximum Gasteiger partial charge on any atom is 0.339 e. The Morgan fingerprint density at radius 1 is 1.39 bits per heavy atom. The first-order chi connectivity index (χ1) is 8.65. The predicted molar refractivity (Wildman–Crippen MR) is 66.0 cm³/mol. The number of carbonyl (C=O) groups is 2. The van der Waals surface area contributed by atoms with E-state index in [0.717, 1.165) is 0 Å². The minimum absolute atomic E-state index is 0.0649. The Kier molecular flexibility index (Phi) is 5.79. The molecule has 0 aliphatic heterocycles. The van der Waals surface area contributed by atoms with E-state index in [9.17, 15) is 9.59 Å². The van der Waals surface area contributed by atoms with Crippen LogP contribution in [-0.4, -0.2) is 37.1 Å². The minimum atomic E-state index is -0.401. The second-order valence-electron chi connectivity index (χ2n) is 3.65. The summed E-state index contributed by atoms with van der Waals surface area (Å²) in [6.07, 6.45) is 1.62. The molecule has 0 aromatic carbocycles. The van der Waals surface area contributed by atoms with E-state index in [2.05, 4.69) is 20.4 Å². The number of aromatic nitrogens is 1. The molecule has 1 rings (SSSR count). The number of rotatable bonds is 6. The van der Waals surface area contributed by atoms with Gasteiger partial charge in [0.15, 0.2) is 0 Å². The zero-order valence-electron chi connectivity index (χ0n) is 10.5. The first-order valence-corrected chi connectivity index (χ1v) is 5.62. The van der Waals surface area contributed by atoms with Gasteiger partial charge in [0.2, 0.25) is 5.91 Å². The third-order valence-corrected chi connectivity index (χ3v) is 2.26. The summed E-state index contributed by atoms with van der Waals surface area (Å²) in [6.45, 7) is 3.06. The smallest absolute Gasteiger partial charge is 0.339 e. The van der Waals surface area contributed by atoms with Crippen LogP contribution in [0.4, 0.5) is 0 Å². The molecule has 0 saturated heterocycles. The normalized spacial score (nSPS) is 9.89. The molecule has 0 saturated carbocycles. The Balaban J connectivity index is 2.46.